The number of fused-ring (bicyclic) bond motifs is 2. The van der Waals surface area contributed by atoms with Crippen molar-refractivity contribution < 1.29 is 13.9 Å². The number of aromatic nitrogens is 4. The fraction of sp³-hybridized carbons (Fsp3) is 0.409. The SMILES string of the molecule is C[C@@H]1CN(c2nccc3oc(-c4cnc5ccc(O[C@H]6C[C@H](N)C6)nn45)cc23)CCO1. The van der Waals surface area contributed by atoms with Crippen molar-refractivity contribution in [3.63, 3.8) is 0 Å². The number of morpholine rings is 1. The molecule has 1 saturated heterocycles. The molecule has 4 aromatic rings. The van der Waals surface area contributed by atoms with E-state index < -0.39 is 0 Å². The van der Waals surface area contributed by atoms with Crippen molar-refractivity contribution in [2.75, 3.05) is 24.6 Å². The van der Waals surface area contributed by atoms with Gasteiger partial charge in [0.05, 0.1) is 24.3 Å². The zero-order valence-corrected chi connectivity index (χ0v) is 17.3. The number of pyridine rings is 1. The summed E-state index contributed by atoms with van der Waals surface area (Å²) in [5, 5.41) is 5.61. The Kier molecular flexibility index (Phi) is 4.32. The van der Waals surface area contributed by atoms with E-state index in [1.54, 1.807) is 16.9 Å². The number of rotatable bonds is 4. The normalized spacial score (nSPS) is 23.9. The van der Waals surface area contributed by atoms with E-state index in [1.807, 2.05) is 24.3 Å². The second kappa shape index (κ2) is 7.21. The van der Waals surface area contributed by atoms with Gasteiger partial charge in [0.1, 0.15) is 23.2 Å². The highest BCUT2D eigenvalue weighted by atomic mass is 16.5. The second-order valence-corrected chi connectivity index (χ2v) is 8.34. The van der Waals surface area contributed by atoms with Gasteiger partial charge < -0.3 is 24.5 Å². The molecule has 31 heavy (non-hydrogen) atoms. The molecule has 9 heteroatoms. The maximum absolute atomic E-state index is 6.19. The molecule has 0 spiro atoms. The predicted molar refractivity (Wildman–Crippen MR) is 115 cm³/mol. The van der Waals surface area contributed by atoms with Gasteiger partial charge in [-0.25, -0.2) is 14.5 Å². The second-order valence-electron chi connectivity index (χ2n) is 8.34. The third kappa shape index (κ3) is 3.30. The predicted octanol–water partition coefficient (Wildman–Crippen LogP) is 2.63. The number of anilines is 1. The van der Waals surface area contributed by atoms with Gasteiger partial charge in [0, 0.05) is 31.4 Å². The maximum atomic E-state index is 6.19. The van der Waals surface area contributed by atoms with Gasteiger partial charge in [-0.05, 0) is 38.0 Å². The molecule has 1 atom stereocenters. The molecule has 0 unspecified atom stereocenters. The van der Waals surface area contributed by atoms with Gasteiger partial charge in [-0.1, -0.05) is 0 Å². The van der Waals surface area contributed by atoms with E-state index in [1.165, 1.54) is 0 Å². The van der Waals surface area contributed by atoms with Crippen LogP contribution >= 0.6 is 0 Å². The van der Waals surface area contributed by atoms with Crippen LogP contribution in [-0.2, 0) is 4.74 Å². The van der Waals surface area contributed by atoms with Crippen LogP contribution in [0.25, 0.3) is 28.1 Å². The molecule has 1 aliphatic carbocycles. The van der Waals surface area contributed by atoms with Gasteiger partial charge in [-0.15, -0.1) is 5.10 Å². The fourth-order valence-corrected chi connectivity index (χ4v) is 4.30. The molecule has 2 fully saturated rings. The van der Waals surface area contributed by atoms with E-state index in [4.69, 9.17) is 19.6 Å². The third-order valence-corrected chi connectivity index (χ3v) is 5.97. The molecule has 2 aliphatic rings. The number of imidazole rings is 1. The van der Waals surface area contributed by atoms with Gasteiger partial charge in [0.2, 0.25) is 5.88 Å². The van der Waals surface area contributed by atoms with Gasteiger partial charge in [-0.2, -0.15) is 0 Å². The summed E-state index contributed by atoms with van der Waals surface area (Å²) in [7, 11) is 0. The van der Waals surface area contributed by atoms with Crippen molar-refractivity contribution in [2.45, 2.75) is 38.0 Å². The molecule has 0 aromatic carbocycles. The van der Waals surface area contributed by atoms with Gasteiger partial charge in [0.15, 0.2) is 11.4 Å². The van der Waals surface area contributed by atoms with Crippen molar-refractivity contribution in [2.24, 2.45) is 5.73 Å². The Hall–Kier alpha value is -3.17. The van der Waals surface area contributed by atoms with Crippen molar-refractivity contribution in [3.8, 4) is 17.3 Å². The molecule has 0 amide bonds. The van der Waals surface area contributed by atoms with Crippen LogP contribution in [0.2, 0.25) is 0 Å². The van der Waals surface area contributed by atoms with Crippen LogP contribution in [0.15, 0.2) is 41.1 Å². The minimum atomic E-state index is 0.127. The summed E-state index contributed by atoms with van der Waals surface area (Å²) >= 11 is 0. The number of hydrogen-bond acceptors (Lipinski definition) is 8. The van der Waals surface area contributed by atoms with Gasteiger partial charge >= 0.3 is 0 Å². The van der Waals surface area contributed by atoms with Crippen LogP contribution < -0.4 is 15.4 Å². The largest absolute Gasteiger partial charge is 0.473 e. The molecular formula is C22H24N6O3. The maximum Gasteiger partial charge on any atom is 0.232 e. The van der Waals surface area contributed by atoms with Crippen molar-refractivity contribution >= 4 is 22.4 Å². The van der Waals surface area contributed by atoms with Crippen LogP contribution in [0, 0.1) is 0 Å². The Morgan fingerprint density at radius 2 is 2.10 bits per heavy atom. The summed E-state index contributed by atoms with van der Waals surface area (Å²) in [6, 6.07) is 7.87. The smallest absolute Gasteiger partial charge is 0.232 e. The molecule has 4 aromatic heterocycles. The molecule has 6 rings (SSSR count). The first kappa shape index (κ1) is 18.6. The minimum Gasteiger partial charge on any atom is -0.473 e. The minimum absolute atomic E-state index is 0.127. The Bertz CT molecular complexity index is 1240. The third-order valence-electron chi connectivity index (χ3n) is 5.97. The summed E-state index contributed by atoms with van der Waals surface area (Å²) in [6.07, 6.45) is 5.57. The first-order chi connectivity index (χ1) is 15.1. The summed E-state index contributed by atoms with van der Waals surface area (Å²) in [4.78, 5) is 11.4. The first-order valence-electron chi connectivity index (χ1n) is 10.7. The Balaban J connectivity index is 1.37. The number of nitrogens with zero attached hydrogens (tertiary/aromatic N) is 5. The summed E-state index contributed by atoms with van der Waals surface area (Å²) in [5.41, 5.74) is 8.14. The average molecular weight is 420 g/mol. The lowest BCUT2D eigenvalue weighted by atomic mass is 9.90. The summed E-state index contributed by atoms with van der Waals surface area (Å²) < 4.78 is 19.6. The highest BCUT2D eigenvalue weighted by Gasteiger charge is 2.28. The number of nitrogens with two attached hydrogens (primary N) is 1. The number of furan rings is 1. The van der Waals surface area contributed by atoms with E-state index in [-0.39, 0.29) is 18.2 Å². The zero-order chi connectivity index (χ0) is 20.9. The Morgan fingerprint density at radius 3 is 2.94 bits per heavy atom. The highest BCUT2D eigenvalue weighted by molar-refractivity contribution is 5.92. The zero-order valence-electron chi connectivity index (χ0n) is 17.3. The standard InChI is InChI=1S/C22H24N6O3/c1-13-12-27(6-7-29-13)22-16-10-19(31-18(16)4-5-24-22)17-11-25-20-2-3-21(26-28(17)20)30-15-8-14(23)9-15/h2-5,10-11,13-15H,6-9,12,23H2,1H3/t13-,14-,15-/m1/s1. The first-order valence-corrected chi connectivity index (χ1v) is 10.7. The van der Waals surface area contributed by atoms with E-state index in [0.29, 0.717) is 18.2 Å². The molecule has 2 N–H and O–H groups in total. The molecular weight excluding hydrogens is 396 g/mol. The van der Waals surface area contributed by atoms with Gasteiger partial charge in [0.25, 0.3) is 0 Å². The van der Waals surface area contributed by atoms with Crippen LogP contribution in [0.1, 0.15) is 19.8 Å². The lowest BCUT2D eigenvalue weighted by molar-refractivity contribution is 0.0530. The molecule has 5 heterocycles. The van der Waals surface area contributed by atoms with Crippen LogP contribution in [0.4, 0.5) is 5.82 Å². The van der Waals surface area contributed by atoms with Crippen LogP contribution in [0.5, 0.6) is 5.88 Å². The molecule has 160 valence electrons. The topological polar surface area (TPSA) is 104 Å². The van der Waals surface area contributed by atoms with Crippen molar-refractivity contribution in [1.82, 2.24) is 19.6 Å². The average Bonchev–Trinajstić information content (AvgIpc) is 3.36. The summed E-state index contributed by atoms with van der Waals surface area (Å²) in [6.45, 7) is 4.37. The van der Waals surface area contributed by atoms with E-state index in [0.717, 1.165) is 54.1 Å². The Labute approximate surface area is 178 Å². The molecule has 0 bridgehead atoms. The highest BCUT2D eigenvalue weighted by Crippen LogP contribution is 2.33. The van der Waals surface area contributed by atoms with Crippen LogP contribution in [0.3, 0.4) is 0 Å². The number of hydrogen-bond donors (Lipinski definition) is 1. The van der Waals surface area contributed by atoms with Crippen molar-refractivity contribution in [3.05, 3.63) is 36.7 Å². The summed E-state index contributed by atoms with van der Waals surface area (Å²) in [5.74, 6) is 2.16. The Morgan fingerprint density at radius 1 is 1.19 bits per heavy atom. The lowest BCUT2D eigenvalue weighted by Gasteiger charge is -2.32. The van der Waals surface area contributed by atoms with E-state index in [2.05, 4.69) is 26.9 Å². The van der Waals surface area contributed by atoms with E-state index in [9.17, 15) is 0 Å². The molecule has 1 saturated carbocycles. The van der Waals surface area contributed by atoms with Crippen LogP contribution in [-0.4, -0.2) is 57.5 Å². The van der Waals surface area contributed by atoms with E-state index >= 15 is 0 Å². The monoisotopic (exact) mass is 420 g/mol. The number of ether oxygens (including phenoxy) is 2. The molecule has 0 radical (unpaired) electrons. The quantitative estimate of drug-likeness (QED) is 0.537. The van der Waals surface area contributed by atoms with Gasteiger partial charge in [-0.3, -0.25) is 0 Å². The van der Waals surface area contributed by atoms with Crippen molar-refractivity contribution in [1.29, 1.82) is 0 Å². The molecule has 9 nitrogen and oxygen atoms in total. The molecule has 1 aliphatic heterocycles. The lowest BCUT2D eigenvalue weighted by Crippen LogP contribution is -2.43. The fourth-order valence-electron chi connectivity index (χ4n) is 4.30.